The maximum absolute atomic E-state index is 13.1. The minimum Gasteiger partial charge on any atom is -0.365 e. The maximum Gasteiger partial charge on any atom is 0.123 e. The van der Waals surface area contributed by atoms with Crippen LogP contribution < -0.4 is 10.2 Å². The summed E-state index contributed by atoms with van der Waals surface area (Å²) in [6.07, 6.45) is 2.63. The van der Waals surface area contributed by atoms with Gasteiger partial charge in [0.1, 0.15) is 5.82 Å². The highest BCUT2D eigenvalue weighted by molar-refractivity contribution is 5.50. The van der Waals surface area contributed by atoms with E-state index in [1.807, 2.05) is 12.1 Å². The molecule has 1 N–H and O–H groups in total. The average molecular weight is 248 g/mol. The largest absolute Gasteiger partial charge is 0.365 e. The van der Waals surface area contributed by atoms with Crippen LogP contribution in [0.3, 0.4) is 0 Å². The third kappa shape index (κ3) is 2.12. The molecule has 18 heavy (non-hydrogen) atoms. The number of benzene rings is 1. The lowest BCUT2D eigenvalue weighted by Crippen LogP contribution is -2.49. The van der Waals surface area contributed by atoms with Crippen LogP contribution in [0.2, 0.25) is 0 Å². The summed E-state index contributed by atoms with van der Waals surface area (Å²) < 4.78 is 13.1. The van der Waals surface area contributed by atoms with Crippen LogP contribution in [-0.4, -0.2) is 25.2 Å². The molecule has 0 radical (unpaired) electrons. The van der Waals surface area contributed by atoms with E-state index < -0.39 is 0 Å². The minimum absolute atomic E-state index is 0.0733. The van der Waals surface area contributed by atoms with E-state index in [0.29, 0.717) is 5.41 Å². The molecule has 0 bridgehead atoms. The van der Waals surface area contributed by atoms with Gasteiger partial charge >= 0.3 is 0 Å². The van der Waals surface area contributed by atoms with Crippen LogP contribution in [0.15, 0.2) is 24.3 Å². The second kappa shape index (κ2) is 3.95. The molecule has 3 heteroatoms. The van der Waals surface area contributed by atoms with E-state index in [0.717, 1.165) is 25.3 Å². The lowest BCUT2D eigenvalue weighted by molar-refractivity contribution is 0.455. The summed E-state index contributed by atoms with van der Waals surface area (Å²) in [5.74, 6) is -0.161. The molecule has 98 valence electrons. The molecule has 2 fully saturated rings. The Hall–Kier alpha value is -1.09. The quantitative estimate of drug-likeness (QED) is 0.822. The number of halogens is 1. The fourth-order valence-corrected chi connectivity index (χ4v) is 2.91. The van der Waals surface area contributed by atoms with Crippen molar-refractivity contribution < 1.29 is 4.39 Å². The molecular weight excluding hydrogens is 227 g/mol. The van der Waals surface area contributed by atoms with Gasteiger partial charge in [0.2, 0.25) is 0 Å². The van der Waals surface area contributed by atoms with Crippen molar-refractivity contribution in [3.63, 3.8) is 0 Å². The van der Waals surface area contributed by atoms with Crippen LogP contribution in [-0.2, 0) is 0 Å². The van der Waals surface area contributed by atoms with E-state index in [2.05, 4.69) is 24.1 Å². The zero-order valence-electron chi connectivity index (χ0n) is 11.2. The first-order valence-electron chi connectivity index (χ1n) is 6.75. The van der Waals surface area contributed by atoms with Crippen molar-refractivity contribution >= 4 is 5.69 Å². The molecule has 2 aliphatic rings. The fraction of sp³-hybridized carbons (Fsp3) is 0.600. The molecule has 3 rings (SSSR count). The maximum atomic E-state index is 13.1. The summed E-state index contributed by atoms with van der Waals surface area (Å²) >= 11 is 0. The fourth-order valence-electron chi connectivity index (χ4n) is 2.91. The van der Waals surface area contributed by atoms with Gasteiger partial charge in [-0.05, 0) is 51.0 Å². The standard InChI is InChI=1S/C15H21FN2/c1-14(2)9-17-10-15(7-8-15)11-18(14)13-5-3-12(16)4-6-13/h3-6,17H,7-11H2,1-2H3. The summed E-state index contributed by atoms with van der Waals surface area (Å²) in [7, 11) is 0. The van der Waals surface area contributed by atoms with Crippen LogP contribution in [0.1, 0.15) is 26.7 Å². The van der Waals surface area contributed by atoms with Crippen LogP contribution in [0, 0.1) is 11.2 Å². The second-order valence-corrected chi connectivity index (χ2v) is 6.48. The first-order chi connectivity index (χ1) is 8.51. The summed E-state index contributed by atoms with van der Waals surface area (Å²) in [6, 6.07) is 6.92. The zero-order chi connectivity index (χ0) is 12.8. The molecule has 1 aliphatic heterocycles. The summed E-state index contributed by atoms with van der Waals surface area (Å²) in [5, 5.41) is 3.59. The van der Waals surface area contributed by atoms with Gasteiger partial charge in [0, 0.05) is 36.3 Å². The number of nitrogens with zero attached hydrogens (tertiary/aromatic N) is 1. The lowest BCUT2D eigenvalue weighted by atomic mass is 10.00. The van der Waals surface area contributed by atoms with Crippen LogP contribution >= 0.6 is 0 Å². The van der Waals surface area contributed by atoms with Gasteiger partial charge in [0.05, 0.1) is 0 Å². The topological polar surface area (TPSA) is 15.3 Å². The van der Waals surface area contributed by atoms with E-state index in [4.69, 9.17) is 0 Å². The minimum atomic E-state index is -0.161. The van der Waals surface area contributed by atoms with Crippen molar-refractivity contribution in [1.82, 2.24) is 5.32 Å². The highest BCUT2D eigenvalue weighted by Crippen LogP contribution is 2.48. The van der Waals surface area contributed by atoms with Crippen molar-refractivity contribution in [2.75, 3.05) is 24.5 Å². The molecule has 0 unspecified atom stereocenters. The Morgan fingerprint density at radius 2 is 1.78 bits per heavy atom. The normalized spacial score (nSPS) is 24.9. The highest BCUT2D eigenvalue weighted by atomic mass is 19.1. The zero-order valence-corrected chi connectivity index (χ0v) is 11.2. The third-order valence-corrected chi connectivity index (χ3v) is 4.38. The first-order valence-corrected chi connectivity index (χ1v) is 6.75. The summed E-state index contributed by atoms with van der Waals surface area (Å²) in [6.45, 7) is 7.69. The molecule has 1 saturated heterocycles. The number of anilines is 1. The molecule has 0 aromatic heterocycles. The second-order valence-electron chi connectivity index (χ2n) is 6.48. The van der Waals surface area contributed by atoms with Gasteiger partial charge in [-0.3, -0.25) is 0 Å². The Kier molecular flexibility index (Phi) is 2.63. The van der Waals surface area contributed by atoms with Gasteiger partial charge in [-0.2, -0.15) is 0 Å². The van der Waals surface area contributed by atoms with Gasteiger partial charge in [-0.1, -0.05) is 0 Å². The molecule has 1 spiro atoms. The Bertz CT molecular complexity index is 434. The van der Waals surface area contributed by atoms with Crippen molar-refractivity contribution in [3.05, 3.63) is 30.1 Å². The number of nitrogens with one attached hydrogen (secondary N) is 1. The number of rotatable bonds is 1. The van der Waals surface area contributed by atoms with E-state index >= 15 is 0 Å². The lowest BCUT2D eigenvalue weighted by Gasteiger charge is -2.40. The van der Waals surface area contributed by atoms with Gasteiger partial charge in [0.15, 0.2) is 0 Å². The molecule has 0 amide bonds. The summed E-state index contributed by atoms with van der Waals surface area (Å²) in [4.78, 5) is 2.44. The van der Waals surface area contributed by atoms with Gasteiger partial charge in [-0.15, -0.1) is 0 Å². The third-order valence-electron chi connectivity index (χ3n) is 4.38. The Morgan fingerprint density at radius 3 is 2.39 bits per heavy atom. The first kappa shape index (κ1) is 12.0. The van der Waals surface area contributed by atoms with Crippen molar-refractivity contribution in [3.8, 4) is 0 Å². The monoisotopic (exact) mass is 248 g/mol. The molecule has 1 saturated carbocycles. The molecule has 1 aromatic carbocycles. The van der Waals surface area contributed by atoms with E-state index in [-0.39, 0.29) is 11.4 Å². The number of hydrogen-bond acceptors (Lipinski definition) is 2. The Labute approximate surface area is 108 Å². The predicted octanol–water partition coefficient (Wildman–Crippen LogP) is 2.79. The Balaban J connectivity index is 1.92. The highest BCUT2D eigenvalue weighted by Gasteiger charge is 2.47. The van der Waals surface area contributed by atoms with E-state index in [9.17, 15) is 4.39 Å². The average Bonchev–Trinajstić information content (AvgIpc) is 3.08. The van der Waals surface area contributed by atoms with Gasteiger partial charge in [0.25, 0.3) is 0 Å². The van der Waals surface area contributed by atoms with Gasteiger partial charge in [-0.25, -0.2) is 4.39 Å². The van der Waals surface area contributed by atoms with E-state index in [1.54, 1.807) is 12.1 Å². The molecule has 2 nitrogen and oxygen atoms in total. The SMILES string of the molecule is CC1(C)CNCC2(CC2)CN1c1ccc(F)cc1. The predicted molar refractivity (Wildman–Crippen MR) is 72.4 cm³/mol. The Morgan fingerprint density at radius 1 is 1.11 bits per heavy atom. The summed E-state index contributed by atoms with van der Waals surface area (Å²) in [5.41, 5.74) is 1.67. The van der Waals surface area contributed by atoms with Crippen molar-refractivity contribution in [2.45, 2.75) is 32.2 Å². The van der Waals surface area contributed by atoms with Crippen LogP contribution in [0.4, 0.5) is 10.1 Å². The molecule has 0 atom stereocenters. The number of hydrogen-bond donors (Lipinski definition) is 1. The van der Waals surface area contributed by atoms with Crippen molar-refractivity contribution in [1.29, 1.82) is 0 Å². The van der Waals surface area contributed by atoms with Gasteiger partial charge < -0.3 is 10.2 Å². The van der Waals surface area contributed by atoms with Crippen LogP contribution in [0.5, 0.6) is 0 Å². The molecule has 1 heterocycles. The van der Waals surface area contributed by atoms with E-state index in [1.165, 1.54) is 12.8 Å². The molecule has 1 aromatic rings. The molecular formula is C15H21FN2. The smallest absolute Gasteiger partial charge is 0.123 e. The van der Waals surface area contributed by atoms with Crippen LogP contribution in [0.25, 0.3) is 0 Å². The molecule has 1 aliphatic carbocycles. The van der Waals surface area contributed by atoms with Crippen molar-refractivity contribution in [2.24, 2.45) is 5.41 Å².